The molecule has 4 nitrogen and oxygen atoms in total. The maximum atomic E-state index is 13.0. The molecule has 0 spiro atoms. The van der Waals surface area contributed by atoms with E-state index in [4.69, 9.17) is 4.42 Å². The SMILES string of the molecule is Fc1ccc(-c2nnc(CNc3cccc(F)c3)o2)cc1. The number of nitrogens with one attached hydrogen (secondary N) is 1. The lowest BCUT2D eigenvalue weighted by atomic mass is 10.2. The molecule has 0 aliphatic rings. The van der Waals surface area contributed by atoms with E-state index in [1.54, 1.807) is 24.3 Å². The number of rotatable bonds is 4. The van der Waals surface area contributed by atoms with Crippen molar-refractivity contribution < 1.29 is 13.2 Å². The Hall–Kier alpha value is -2.76. The topological polar surface area (TPSA) is 51.0 Å². The number of hydrogen-bond acceptors (Lipinski definition) is 4. The van der Waals surface area contributed by atoms with Gasteiger partial charge in [0.25, 0.3) is 0 Å². The highest BCUT2D eigenvalue weighted by Gasteiger charge is 2.08. The van der Waals surface area contributed by atoms with Crippen LogP contribution in [0, 0.1) is 11.6 Å². The fraction of sp³-hybridized carbons (Fsp3) is 0.0667. The van der Waals surface area contributed by atoms with Crippen molar-refractivity contribution in [3.8, 4) is 11.5 Å². The van der Waals surface area contributed by atoms with E-state index in [-0.39, 0.29) is 18.2 Å². The standard InChI is InChI=1S/C15H11F2N3O/c16-11-6-4-10(5-7-11)15-20-19-14(21-15)9-18-13-3-1-2-12(17)8-13/h1-8,18H,9H2. The van der Waals surface area contributed by atoms with Crippen molar-refractivity contribution in [1.29, 1.82) is 0 Å². The third-order valence-corrected chi connectivity index (χ3v) is 2.83. The van der Waals surface area contributed by atoms with Gasteiger partial charge in [-0.15, -0.1) is 10.2 Å². The predicted octanol–water partition coefficient (Wildman–Crippen LogP) is 3.63. The largest absolute Gasteiger partial charge is 0.419 e. The van der Waals surface area contributed by atoms with E-state index in [2.05, 4.69) is 15.5 Å². The molecule has 3 aromatic rings. The number of hydrogen-bond donors (Lipinski definition) is 1. The van der Waals surface area contributed by atoms with Crippen molar-refractivity contribution >= 4 is 5.69 Å². The van der Waals surface area contributed by atoms with E-state index in [0.29, 0.717) is 23.0 Å². The van der Waals surface area contributed by atoms with Gasteiger partial charge in [-0.1, -0.05) is 6.07 Å². The third kappa shape index (κ3) is 3.22. The van der Waals surface area contributed by atoms with Gasteiger partial charge >= 0.3 is 0 Å². The molecule has 0 aliphatic carbocycles. The van der Waals surface area contributed by atoms with Gasteiger partial charge in [-0.2, -0.15) is 0 Å². The molecule has 1 aromatic heterocycles. The highest BCUT2D eigenvalue weighted by molar-refractivity contribution is 5.52. The van der Waals surface area contributed by atoms with Crippen molar-refractivity contribution in [3.05, 3.63) is 66.1 Å². The first-order valence-corrected chi connectivity index (χ1v) is 6.28. The first-order valence-electron chi connectivity index (χ1n) is 6.28. The number of halogens is 2. The Balaban J connectivity index is 1.69. The van der Waals surface area contributed by atoms with Crippen LogP contribution in [0.1, 0.15) is 5.89 Å². The summed E-state index contributed by atoms with van der Waals surface area (Å²) in [5, 5.41) is 10.8. The number of anilines is 1. The highest BCUT2D eigenvalue weighted by atomic mass is 19.1. The molecular weight excluding hydrogens is 276 g/mol. The van der Waals surface area contributed by atoms with Gasteiger partial charge in [0.15, 0.2) is 0 Å². The van der Waals surface area contributed by atoms with E-state index in [9.17, 15) is 8.78 Å². The monoisotopic (exact) mass is 287 g/mol. The summed E-state index contributed by atoms with van der Waals surface area (Å²) in [6, 6.07) is 11.9. The Bertz CT molecular complexity index is 741. The predicted molar refractivity (Wildman–Crippen MR) is 73.4 cm³/mol. The van der Waals surface area contributed by atoms with Crippen LogP contribution in [0.2, 0.25) is 0 Å². The second kappa shape index (κ2) is 5.70. The van der Waals surface area contributed by atoms with Crippen LogP contribution >= 0.6 is 0 Å². The van der Waals surface area contributed by atoms with Gasteiger partial charge in [-0.3, -0.25) is 0 Å². The zero-order valence-electron chi connectivity index (χ0n) is 10.9. The van der Waals surface area contributed by atoms with Crippen LogP contribution in [0.5, 0.6) is 0 Å². The molecule has 1 N–H and O–H groups in total. The zero-order chi connectivity index (χ0) is 14.7. The molecule has 0 unspecified atom stereocenters. The highest BCUT2D eigenvalue weighted by Crippen LogP contribution is 2.18. The molecule has 6 heteroatoms. The van der Waals surface area contributed by atoms with Gasteiger partial charge in [0, 0.05) is 11.3 Å². The van der Waals surface area contributed by atoms with Crippen LogP contribution in [0.3, 0.4) is 0 Å². The maximum absolute atomic E-state index is 13.0. The summed E-state index contributed by atoms with van der Waals surface area (Å²) in [7, 11) is 0. The smallest absolute Gasteiger partial charge is 0.247 e. The number of benzene rings is 2. The lowest BCUT2D eigenvalue weighted by molar-refractivity contribution is 0.514. The Labute approximate surface area is 119 Å². The van der Waals surface area contributed by atoms with Gasteiger partial charge in [0.05, 0.1) is 6.54 Å². The number of aromatic nitrogens is 2. The van der Waals surface area contributed by atoms with Crippen LogP contribution in [-0.2, 0) is 6.54 Å². The van der Waals surface area contributed by atoms with Crippen molar-refractivity contribution in [1.82, 2.24) is 10.2 Å². The molecule has 0 radical (unpaired) electrons. The van der Waals surface area contributed by atoms with Gasteiger partial charge in [0.1, 0.15) is 11.6 Å². The molecule has 0 atom stereocenters. The Morgan fingerprint density at radius 2 is 1.76 bits per heavy atom. The van der Waals surface area contributed by atoms with Gasteiger partial charge < -0.3 is 9.73 Å². The Kier molecular flexibility index (Phi) is 3.59. The first-order chi connectivity index (χ1) is 10.2. The second-order valence-electron chi connectivity index (χ2n) is 4.37. The summed E-state index contributed by atoms with van der Waals surface area (Å²) in [6.07, 6.45) is 0. The molecule has 0 amide bonds. The molecule has 0 fully saturated rings. The van der Waals surface area contributed by atoms with E-state index >= 15 is 0 Å². The summed E-state index contributed by atoms with van der Waals surface area (Å²) < 4.78 is 31.3. The minimum atomic E-state index is -0.328. The molecular formula is C15H11F2N3O. The summed E-state index contributed by atoms with van der Waals surface area (Å²) in [5.41, 5.74) is 1.26. The van der Waals surface area contributed by atoms with Crippen molar-refractivity contribution in [2.75, 3.05) is 5.32 Å². The third-order valence-electron chi connectivity index (χ3n) is 2.83. The first kappa shape index (κ1) is 13.2. The van der Waals surface area contributed by atoms with E-state index in [1.165, 1.54) is 24.3 Å². The second-order valence-corrected chi connectivity index (χ2v) is 4.37. The van der Waals surface area contributed by atoms with Gasteiger partial charge in [-0.25, -0.2) is 8.78 Å². The van der Waals surface area contributed by atoms with E-state index in [0.717, 1.165) is 0 Å². The summed E-state index contributed by atoms with van der Waals surface area (Å²) >= 11 is 0. The summed E-state index contributed by atoms with van der Waals surface area (Å²) in [6.45, 7) is 0.275. The van der Waals surface area contributed by atoms with Crippen LogP contribution in [-0.4, -0.2) is 10.2 Å². The van der Waals surface area contributed by atoms with Crippen molar-refractivity contribution in [2.24, 2.45) is 0 Å². The molecule has 0 aliphatic heterocycles. The van der Waals surface area contributed by atoms with E-state index < -0.39 is 0 Å². The molecule has 2 aromatic carbocycles. The summed E-state index contributed by atoms with van der Waals surface area (Å²) in [5.74, 6) is 0.0217. The average molecular weight is 287 g/mol. The number of nitrogens with zero attached hydrogens (tertiary/aromatic N) is 2. The van der Waals surface area contributed by atoms with Crippen LogP contribution < -0.4 is 5.32 Å². The summed E-state index contributed by atoms with van der Waals surface area (Å²) in [4.78, 5) is 0. The maximum Gasteiger partial charge on any atom is 0.247 e. The van der Waals surface area contributed by atoms with Crippen molar-refractivity contribution in [3.63, 3.8) is 0 Å². The molecule has 106 valence electrons. The van der Waals surface area contributed by atoms with E-state index in [1.807, 2.05) is 0 Å². The molecule has 0 bridgehead atoms. The van der Waals surface area contributed by atoms with Crippen LogP contribution in [0.4, 0.5) is 14.5 Å². The minimum absolute atomic E-state index is 0.275. The minimum Gasteiger partial charge on any atom is -0.419 e. The van der Waals surface area contributed by atoms with Gasteiger partial charge in [-0.05, 0) is 42.5 Å². The zero-order valence-corrected chi connectivity index (χ0v) is 10.9. The average Bonchev–Trinajstić information content (AvgIpc) is 2.95. The Morgan fingerprint density at radius 1 is 0.952 bits per heavy atom. The molecule has 21 heavy (non-hydrogen) atoms. The lowest BCUT2D eigenvalue weighted by Gasteiger charge is -2.02. The quantitative estimate of drug-likeness (QED) is 0.796. The lowest BCUT2D eigenvalue weighted by Crippen LogP contribution is -1.99. The molecule has 1 heterocycles. The Morgan fingerprint density at radius 3 is 2.52 bits per heavy atom. The van der Waals surface area contributed by atoms with Crippen LogP contribution in [0.15, 0.2) is 52.9 Å². The normalized spacial score (nSPS) is 10.6. The molecule has 0 saturated heterocycles. The fourth-order valence-electron chi connectivity index (χ4n) is 1.81. The molecule has 0 saturated carbocycles. The molecule has 3 rings (SSSR count). The van der Waals surface area contributed by atoms with Crippen LogP contribution in [0.25, 0.3) is 11.5 Å². The van der Waals surface area contributed by atoms with Crippen molar-refractivity contribution in [2.45, 2.75) is 6.54 Å². The fourth-order valence-corrected chi connectivity index (χ4v) is 1.81. The van der Waals surface area contributed by atoms with Gasteiger partial charge in [0.2, 0.25) is 11.8 Å².